The van der Waals surface area contributed by atoms with Crippen LogP contribution in [0.25, 0.3) is 11.0 Å². The van der Waals surface area contributed by atoms with Crippen molar-refractivity contribution in [3.05, 3.63) is 36.1 Å². The number of ether oxygens (including phenoxy) is 1. The van der Waals surface area contributed by atoms with E-state index in [1.54, 1.807) is 0 Å². The van der Waals surface area contributed by atoms with Crippen molar-refractivity contribution in [2.75, 3.05) is 19.7 Å². The molecule has 0 spiro atoms. The predicted molar refractivity (Wildman–Crippen MR) is 92.6 cm³/mol. The van der Waals surface area contributed by atoms with Crippen molar-refractivity contribution in [1.82, 2.24) is 10.6 Å². The Balaban J connectivity index is 1.63. The first-order chi connectivity index (χ1) is 11.2. The van der Waals surface area contributed by atoms with Gasteiger partial charge in [0.25, 0.3) is 0 Å². The fourth-order valence-corrected chi connectivity index (χ4v) is 2.86. The van der Waals surface area contributed by atoms with Crippen LogP contribution in [0.1, 0.15) is 32.4 Å². The van der Waals surface area contributed by atoms with Crippen LogP contribution in [0, 0.1) is 0 Å². The summed E-state index contributed by atoms with van der Waals surface area (Å²) in [5, 5.41) is 7.76. The third-order valence-electron chi connectivity index (χ3n) is 4.14. The molecular weight excluding hydrogens is 290 g/mol. The maximum absolute atomic E-state index is 5.81. The monoisotopic (exact) mass is 315 g/mol. The zero-order chi connectivity index (χ0) is 16.1. The van der Waals surface area contributed by atoms with Crippen molar-refractivity contribution < 1.29 is 9.15 Å². The number of para-hydroxylation sites is 1. The molecule has 1 aliphatic rings. The second kappa shape index (κ2) is 7.04. The molecule has 2 N–H and O–H groups in total. The van der Waals surface area contributed by atoms with Gasteiger partial charge in [-0.15, -0.1) is 0 Å². The van der Waals surface area contributed by atoms with Crippen molar-refractivity contribution in [1.29, 1.82) is 0 Å². The SMILES string of the molecule is CCNC(=NCc1cc2ccccc2o1)NCC1(C)CCCO1. The molecule has 1 fully saturated rings. The van der Waals surface area contributed by atoms with E-state index in [4.69, 9.17) is 9.15 Å². The second-order valence-electron chi connectivity index (χ2n) is 6.20. The molecule has 23 heavy (non-hydrogen) atoms. The fraction of sp³-hybridized carbons (Fsp3) is 0.500. The Hall–Kier alpha value is -2.01. The van der Waals surface area contributed by atoms with Crippen molar-refractivity contribution in [3.63, 3.8) is 0 Å². The summed E-state index contributed by atoms with van der Waals surface area (Å²) in [6.07, 6.45) is 2.22. The van der Waals surface area contributed by atoms with E-state index in [0.29, 0.717) is 6.54 Å². The van der Waals surface area contributed by atoms with Gasteiger partial charge in [0.15, 0.2) is 5.96 Å². The molecule has 0 aliphatic carbocycles. The number of aliphatic imine (C=N–C) groups is 1. The Labute approximate surface area is 137 Å². The predicted octanol–water partition coefficient (Wildman–Crippen LogP) is 3.06. The molecule has 2 aromatic rings. The van der Waals surface area contributed by atoms with E-state index in [-0.39, 0.29) is 5.60 Å². The lowest BCUT2D eigenvalue weighted by atomic mass is 10.0. The van der Waals surface area contributed by atoms with E-state index in [0.717, 1.165) is 55.2 Å². The van der Waals surface area contributed by atoms with Crippen LogP contribution in [0.4, 0.5) is 0 Å². The molecule has 5 heteroatoms. The van der Waals surface area contributed by atoms with Crippen LogP contribution >= 0.6 is 0 Å². The average molecular weight is 315 g/mol. The molecule has 1 atom stereocenters. The summed E-state index contributed by atoms with van der Waals surface area (Å²) in [5.41, 5.74) is 0.817. The van der Waals surface area contributed by atoms with E-state index in [1.165, 1.54) is 0 Å². The van der Waals surface area contributed by atoms with Gasteiger partial charge in [-0.3, -0.25) is 0 Å². The maximum atomic E-state index is 5.81. The maximum Gasteiger partial charge on any atom is 0.191 e. The van der Waals surface area contributed by atoms with Gasteiger partial charge in [-0.1, -0.05) is 18.2 Å². The van der Waals surface area contributed by atoms with Crippen LogP contribution in [0.3, 0.4) is 0 Å². The quantitative estimate of drug-likeness (QED) is 0.658. The summed E-state index contributed by atoms with van der Waals surface area (Å²) in [6.45, 7) is 7.16. The molecule has 1 aliphatic heterocycles. The van der Waals surface area contributed by atoms with Gasteiger partial charge >= 0.3 is 0 Å². The lowest BCUT2D eigenvalue weighted by Gasteiger charge is -2.24. The molecule has 0 amide bonds. The highest BCUT2D eigenvalue weighted by atomic mass is 16.5. The van der Waals surface area contributed by atoms with Crippen LogP contribution < -0.4 is 10.6 Å². The standard InChI is InChI=1S/C18H25N3O2/c1-3-19-17(21-13-18(2)9-6-10-22-18)20-12-15-11-14-7-4-5-8-16(14)23-15/h4-5,7-8,11H,3,6,9-10,12-13H2,1-2H3,(H2,19,20,21). The number of hydrogen-bond donors (Lipinski definition) is 2. The van der Waals surface area contributed by atoms with Gasteiger partial charge in [0.2, 0.25) is 0 Å². The molecule has 1 aromatic carbocycles. The zero-order valence-electron chi connectivity index (χ0n) is 13.9. The van der Waals surface area contributed by atoms with Crippen LogP contribution in [-0.2, 0) is 11.3 Å². The molecular formula is C18H25N3O2. The fourth-order valence-electron chi connectivity index (χ4n) is 2.86. The molecule has 1 unspecified atom stereocenters. The largest absolute Gasteiger partial charge is 0.459 e. The first-order valence-corrected chi connectivity index (χ1v) is 8.32. The highest BCUT2D eigenvalue weighted by Gasteiger charge is 2.29. The van der Waals surface area contributed by atoms with Gasteiger partial charge in [-0.2, -0.15) is 0 Å². The van der Waals surface area contributed by atoms with E-state index in [9.17, 15) is 0 Å². The first kappa shape index (κ1) is 15.9. The third-order valence-corrected chi connectivity index (χ3v) is 4.14. The van der Waals surface area contributed by atoms with E-state index in [2.05, 4.69) is 29.5 Å². The van der Waals surface area contributed by atoms with Gasteiger partial charge in [-0.25, -0.2) is 4.99 Å². The van der Waals surface area contributed by atoms with Crippen molar-refractivity contribution in [2.24, 2.45) is 4.99 Å². The van der Waals surface area contributed by atoms with E-state index < -0.39 is 0 Å². The van der Waals surface area contributed by atoms with Crippen molar-refractivity contribution in [2.45, 2.75) is 38.8 Å². The molecule has 1 aromatic heterocycles. The summed E-state index contributed by atoms with van der Waals surface area (Å²) < 4.78 is 11.6. The molecule has 5 nitrogen and oxygen atoms in total. The Morgan fingerprint density at radius 3 is 2.91 bits per heavy atom. The van der Waals surface area contributed by atoms with E-state index in [1.807, 2.05) is 30.3 Å². The Morgan fingerprint density at radius 2 is 2.17 bits per heavy atom. The number of hydrogen-bond acceptors (Lipinski definition) is 3. The molecule has 1 saturated heterocycles. The van der Waals surface area contributed by atoms with Crippen LogP contribution in [-0.4, -0.2) is 31.3 Å². The minimum absolute atomic E-state index is 0.0877. The molecule has 2 heterocycles. The second-order valence-corrected chi connectivity index (χ2v) is 6.20. The van der Waals surface area contributed by atoms with Gasteiger partial charge in [0.1, 0.15) is 17.9 Å². The number of furan rings is 1. The number of nitrogens with one attached hydrogen (secondary N) is 2. The molecule has 124 valence electrons. The lowest BCUT2D eigenvalue weighted by molar-refractivity contribution is 0.0243. The van der Waals surface area contributed by atoms with E-state index >= 15 is 0 Å². The van der Waals surface area contributed by atoms with Gasteiger partial charge in [0.05, 0.1) is 5.60 Å². The van der Waals surface area contributed by atoms with Crippen molar-refractivity contribution >= 4 is 16.9 Å². The number of rotatable bonds is 5. The number of guanidine groups is 1. The molecule has 0 bridgehead atoms. The minimum atomic E-state index is -0.0877. The highest BCUT2D eigenvalue weighted by Crippen LogP contribution is 2.24. The zero-order valence-corrected chi connectivity index (χ0v) is 13.9. The number of nitrogens with zero attached hydrogens (tertiary/aromatic N) is 1. The third kappa shape index (κ3) is 4.05. The Morgan fingerprint density at radius 1 is 1.30 bits per heavy atom. The summed E-state index contributed by atoms with van der Waals surface area (Å²) >= 11 is 0. The van der Waals surface area contributed by atoms with Gasteiger partial charge in [-0.05, 0) is 38.8 Å². The highest BCUT2D eigenvalue weighted by molar-refractivity contribution is 5.80. The normalized spacial score (nSPS) is 21.7. The number of benzene rings is 1. The van der Waals surface area contributed by atoms with Crippen molar-refractivity contribution in [3.8, 4) is 0 Å². The first-order valence-electron chi connectivity index (χ1n) is 8.32. The smallest absolute Gasteiger partial charge is 0.191 e. The van der Waals surface area contributed by atoms with Crippen LogP contribution in [0.2, 0.25) is 0 Å². The molecule has 0 radical (unpaired) electrons. The summed E-state index contributed by atoms with van der Waals surface area (Å²) in [7, 11) is 0. The summed E-state index contributed by atoms with van der Waals surface area (Å²) in [6, 6.07) is 10.1. The minimum Gasteiger partial charge on any atom is -0.459 e. The summed E-state index contributed by atoms with van der Waals surface area (Å²) in [5.74, 6) is 1.66. The number of fused-ring (bicyclic) bond motifs is 1. The Bertz CT molecular complexity index is 639. The summed E-state index contributed by atoms with van der Waals surface area (Å²) in [4.78, 5) is 4.62. The Kier molecular flexibility index (Phi) is 4.86. The van der Waals surface area contributed by atoms with Gasteiger partial charge < -0.3 is 19.8 Å². The van der Waals surface area contributed by atoms with Crippen LogP contribution in [0.15, 0.2) is 39.7 Å². The molecule has 0 saturated carbocycles. The van der Waals surface area contributed by atoms with Crippen LogP contribution in [0.5, 0.6) is 0 Å². The average Bonchev–Trinajstić information content (AvgIpc) is 3.16. The topological polar surface area (TPSA) is 58.8 Å². The molecule has 3 rings (SSSR count). The lowest BCUT2D eigenvalue weighted by Crippen LogP contribution is -2.45. The van der Waals surface area contributed by atoms with Gasteiger partial charge in [0, 0.05) is 25.1 Å².